The molecule has 0 saturated carbocycles. The topological polar surface area (TPSA) is 98.3 Å². The number of nitrogens with zero attached hydrogens (tertiary/aromatic N) is 4. The van der Waals surface area contributed by atoms with Gasteiger partial charge in [-0.1, -0.05) is 29.5 Å². The summed E-state index contributed by atoms with van der Waals surface area (Å²) in [5, 5.41) is 8.44. The molecule has 0 spiro atoms. The minimum absolute atomic E-state index is 0.0465. The van der Waals surface area contributed by atoms with Gasteiger partial charge in [0, 0.05) is 29.4 Å². The number of aromatic nitrogens is 3. The zero-order valence-corrected chi connectivity index (χ0v) is 20.4. The third-order valence-electron chi connectivity index (χ3n) is 6.27. The van der Waals surface area contributed by atoms with E-state index < -0.39 is 0 Å². The minimum atomic E-state index is -0.295. The second-order valence-corrected chi connectivity index (χ2v) is 10.6. The molecule has 2 aromatic heterocycles. The summed E-state index contributed by atoms with van der Waals surface area (Å²) in [4.78, 5) is 20.4. The predicted molar refractivity (Wildman–Crippen MR) is 137 cm³/mol. The molecule has 9 heteroatoms. The molecular weight excluding hydrogens is 460 g/mol. The summed E-state index contributed by atoms with van der Waals surface area (Å²) >= 11 is 1.44. The molecule has 8 nitrogen and oxygen atoms in total. The molecule has 2 aliphatic rings. The van der Waals surface area contributed by atoms with Crippen LogP contribution in [0, 0.1) is 0 Å². The van der Waals surface area contributed by atoms with E-state index in [-0.39, 0.29) is 11.4 Å². The Kier molecular flexibility index (Phi) is 5.03. The fraction of sp³-hybridized carbons (Fsp3) is 0.269. The van der Waals surface area contributed by atoms with Gasteiger partial charge in [0.05, 0.1) is 30.7 Å². The Morgan fingerprint density at radius 3 is 2.94 bits per heavy atom. The number of carbonyl (C=O) groups is 1. The lowest BCUT2D eigenvalue weighted by Gasteiger charge is -2.29. The van der Waals surface area contributed by atoms with E-state index in [1.807, 2.05) is 67.3 Å². The molecule has 0 aliphatic carbocycles. The molecule has 2 aliphatic heterocycles. The number of nitrogens with one attached hydrogen (secondary N) is 1. The van der Waals surface area contributed by atoms with Crippen LogP contribution in [0.15, 0.2) is 54.9 Å². The highest BCUT2D eigenvalue weighted by Gasteiger charge is 2.34. The van der Waals surface area contributed by atoms with E-state index in [2.05, 4.69) is 21.4 Å². The number of carbonyl (C=O) groups excluding carboxylic acids is 1. The van der Waals surface area contributed by atoms with Crippen molar-refractivity contribution < 1.29 is 9.53 Å². The van der Waals surface area contributed by atoms with Crippen molar-refractivity contribution in [1.82, 2.24) is 20.1 Å². The van der Waals surface area contributed by atoms with Crippen LogP contribution in [0.25, 0.3) is 11.1 Å². The number of nitrogens with two attached hydrogens (primary N) is 1. The highest BCUT2D eigenvalue weighted by atomic mass is 32.1. The van der Waals surface area contributed by atoms with Crippen molar-refractivity contribution in [2.24, 2.45) is 0 Å². The third kappa shape index (κ3) is 4.12. The summed E-state index contributed by atoms with van der Waals surface area (Å²) in [5.41, 5.74) is 11.3. The zero-order valence-electron chi connectivity index (χ0n) is 19.6. The number of benzene rings is 2. The smallest absolute Gasteiger partial charge is 0.263 e. The van der Waals surface area contributed by atoms with Crippen LogP contribution in [0.4, 0.5) is 16.5 Å². The van der Waals surface area contributed by atoms with Gasteiger partial charge < -0.3 is 20.7 Å². The molecule has 6 rings (SSSR count). The van der Waals surface area contributed by atoms with Crippen molar-refractivity contribution in [3.05, 3.63) is 71.0 Å². The van der Waals surface area contributed by atoms with Gasteiger partial charge in [-0.25, -0.2) is 4.98 Å². The largest absolute Gasteiger partial charge is 0.490 e. The number of nitrogen functional groups attached to an aromatic ring is 1. The van der Waals surface area contributed by atoms with Gasteiger partial charge in [0.15, 0.2) is 5.13 Å². The lowest BCUT2D eigenvalue weighted by Crippen LogP contribution is -2.48. The van der Waals surface area contributed by atoms with Crippen molar-refractivity contribution >= 4 is 33.8 Å². The molecule has 0 atom stereocenters. The van der Waals surface area contributed by atoms with E-state index in [1.165, 1.54) is 11.3 Å². The Morgan fingerprint density at radius 1 is 1.20 bits per heavy atom. The van der Waals surface area contributed by atoms with Crippen LogP contribution in [0.2, 0.25) is 0 Å². The van der Waals surface area contributed by atoms with E-state index in [9.17, 15) is 4.79 Å². The number of amides is 1. The van der Waals surface area contributed by atoms with Crippen molar-refractivity contribution in [2.75, 3.05) is 23.8 Å². The van der Waals surface area contributed by atoms with Gasteiger partial charge in [0.1, 0.15) is 17.2 Å². The van der Waals surface area contributed by atoms with Gasteiger partial charge in [-0.05, 0) is 49.2 Å². The Labute approximate surface area is 207 Å². The normalized spacial score (nSPS) is 16.3. The Balaban J connectivity index is 1.31. The van der Waals surface area contributed by atoms with Crippen LogP contribution in [0.5, 0.6) is 5.75 Å². The molecule has 35 heavy (non-hydrogen) atoms. The summed E-state index contributed by atoms with van der Waals surface area (Å²) in [6.07, 6.45) is 4.62. The first-order valence-corrected chi connectivity index (χ1v) is 12.4. The molecule has 178 valence electrons. The number of rotatable bonds is 4. The molecule has 4 heterocycles. The number of thiazole rings is 1. The van der Waals surface area contributed by atoms with Gasteiger partial charge in [-0.3, -0.25) is 9.48 Å². The van der Waals surface area contributed by atoms with Crippen molar-refractivity contribution in [1.29, 1.82) is 0 Å². The van der Waals surface area contributed by atoms with E-state index >= 15 is 0 Å². The van der Waals surface area contributed by atoms with Crippen LogP contribution in [0.3, 0.4) is 0 Å². The number of hydrogen-bond acceptors (Lipinski definition) is 7. The fourth-order valence-corrected chi connectivity index (χ4v) is 5.67. The van der Waals surface area contributed by atoms with Crippen LogP contribution >= 0.6 is 11.3 Å². The van der Waals surface area contributed by atoms with Crippen LogP contribution in [-0.2, 0) is 13.0 Å². The Hall–Kier alpha value is -3.85. The number of fused-ring (bicyclic) bond motifs is 2. The molecule has 3 N–H and O–H groups in total. The molecule has 0 saturated heterocycles. The highest BCUT2D eigenvalue weighted by molar-refractivity contribution is 7.17. The number of anilines is 3. The van der Waals surface area contributed by atoms with Crippen LogP contribution < -0.4 is 20.7 Å². The molecular formula is C26H26N6O2S. The van der Waals surface area contributed by atoms with Crippen LogP contribution in [0.1, 0.15) is 34.8 Å². The summed E-state index contributed by atoms with van der Waals surface area (Å²) in [5.74, 6) is 0.764. The second-order valence-electron chi connectivity index (χ2n) is 9.64. The standard InChI is InChI=1S/C26H26N6O2S/c1-26(2)12-20-23(24(33)30-26)35-25(29-20)32-8-9-34-22-7-6-17(11-21(22)32)18-13-28-31(15-18)14-16-4-3-5-19(27)10-16/h3-7,10-11,13,15H,8-9,12,14,27H2,1-2H3,(H,30,33). The molecule has 0 bridgehead atoms. The quantitative estimate of drug-likeness (QED) is 0.419. The van der Waals surface area contributed by atoms with E-state index in [4.69, 9.17) is 15.5 Å². The maximum atomic E-state index is 12.6. The fourth-order valence-electron chi connectivity index (χ4n) is 4.65. The van der Waals surface area contributed by atoms with Crippen molar-refractivity contribution in [3.8, 4) is 16.9 Å². The second kappa shape index (κ2) is 8.13. The van der Waals surface area contributed by atoms with Gasteiger partial charge >= 0.3 is 0 Å². The molecule has 0 fully saturated rings. The lowest BCUT2D eigenvalue weighted by molar-refractivity contribution is 0.0901. The van der Waals surface area contributed by atoms with E-state index in [0.717, 1.165) is 44.6 Å². The summed E-state index contributed by atoms with van der Waals surface area (Å²) in [6.45, 7) is 5.93. The maximum absolute atomic E-state index is 12.6. The van der Waals surface area contributed by atoms with E-state index in [1.54, 1.807) is 0 Å². The monoisotopic (exact) mass is 486 g/mol. The minimum Gasteiger partial charge on any atom is -0.490 e. The average Bonchev–Trinajstić information content (AvgIpc) is 3.45. The highest BCUT2D eigenvalue weighted by Crippen LogP contribution is 2.42. The number of hydrogen-bond donors (Lipinski definition) is 2. The van der Waals surface area contributed by atoms with Crippen molar-refractivity contribution in [3.63, 3.8) is 0 Å². The first kappa shape index (κ1) is 21.7. The van der Waals surface area contributed by atoms with Gasteiger partial charge in [-0.15, -0.1) is 0 Å². The average molecular weight is 487 g/mol. The van der Waals surface area contributed by atoms with E-state index in [0.29, 0.717) is 31.0 Å². The Morgan fingerprint density at radius 2 is 2.09 bits per heavy atom. The number of ether oxygens (including phenoxy) is 1. The molecule has 4 aromatic rings. The van der Waals surface area contributed by atoms with Crippen LogP contribution in [-0.4, -0.2) is 39.4 Å². The third-order valence-corrected chi connectivity index (χ3v) is 7.39. The van der Waals surface area contributed by atoms with Gasteiger partial charge in [-0.2, -0.15) is 5.10 Å². The SMILES string of the molecule is CC1(C)Cc2nc(N3CCOc4ccc(-c5cnn(Cc6cccc(N)c6)c5)cc43)sc2C(=O)N1. The summed E-state index contributed by atoms with van der Waals surface area (Å²) in [6, 6.07) is 14.0. The zero-order chi connectivity index (χ0) is 24.2. The summed E-state index contributed by atoms with van der Waals surface area (Å²) < 4.78 is 7.85. The van der Waals surface area contributed by atoms with Crippen molar-refractivity contribution in [2.45, 2.75) is 32.4 Å². The maximum Gasteiger partial charge on any atom is 0.263 e. The first-order chi connectivity index (χ1) is 16.8. The van der Waals surface area contributed by atoms with Gasteiger partial charge in [0.25, 0.3) is 5.91 Å². The Bertz CT molecular complexity index is 1440. The molecule has 0 unspecified atom stereocenters. The molecule has 2 aromatic carbocycles. The summed E-state index contributed by atoms with van der Waals surface area (Å²) in [7, 11) is 0. The first-order valence-electron chi connectivity index (χ1n) is 11.6. The molecule has 1 amide bonds. The predicted octanol–water partition coefficient (Wildman–Crippen LogP) is 4.23. The molecule has 0 radical (unpaired) electrons. The van der Waals surface area contributed by atoms with Gasteiger partial charge in [0.2, 0.25) is 0 Å². The lowest BCUT2D eigenvalue weighted by atomic mass is 9.94.